The van der Waals surface area contributed by atoms with Crippen LogP contribution in [0.1, 0.15) is 0 Å². The van der Waals surface area contributed by atoms with Crippen molar-refractivity contribution in [3.8, 4) is 0 Å². The Balaban J connectivity index is 3.12. The van der Waals surface area contributed by atoms with Gasteiger partial charge in [0.25, 0.3) is 0 Å². The highest BCUT2D eigenvalue weighted by Gasteiger charge is 1.83. The smallest absolute Gasteiger partial charge is 0.0841 e. The molecule has 0 N–H and O–H groups in total. The van der Waals surface area contributed by atoms with E-state index in [1.165, 1.54) is 5.45 Å². The quantitative estimate of drug-likeness (QED) is 0.370. The van der Waals surface area contributed by atoms with Gasteiger partial charge in [0, 0.05) is 19.4 Å². The Kier molecular flexibility index (Phi) is 0.980. The number of imidazole rings is 1. The van der Waals surface area contributed by atoms with Crippen LogP contribution in [-0.4, -0.2) is 19.8 Å². The molecular weight excluding hydrogens is 104 g/mol. The standard InChI is InChI=1S/C4H8N2Si/c1-6-3-2-5-4(6)7/h2-3H,1,7H3. The van der Waals surface area contributed by atoms with Gasteiger partial charge in [0.1, 0.15) is 0 Å². The van der Waals surface area contributed by atoms with Gasteiger partial charge in [-0.3, -0.25) is 0 Å². The molecule has 0 unspecified atom stereocenters. The first-order valence-electron chi connectivity index (χ1n) is 2.24. The molecule has 0 aromatic carbocycles. The van der Waals surface area contributed by atoms with E-state index in [1.54, 1.807) is 0 Å². The first-order valence-corrected chi connectivity index (χ1v) is 3.24. The third-order valence-corrected chi connectivity index (χ3v) is 2.03. The van der Waals surface area contributed by atoms with E-state index in [1.807, 2.05) is 24.0 Å². The molecule has 0 fully saturated rings. The lowest BCUT2D eigenvalue weighted by molar-refractivity contribution is 0.951. The molecule has 2 nitrogen and oxygen atoms in total. The highest BCUT2D eigenvalue weighted by atomic mass is 28.1. The third kappa shape index (κ3) is 0.717. The van der Waals surface area contributed by atoms with Crippen LogP contribution in [-0.2, 0) is 7.05 Å². The fraction of sp³-hybridized carbons (Fsp3) is 0.250. The predicted octanol–water partition coefficient (Wildman–Crippen LogP) is -1.59. The highest BCUT2D eigenvalue weighted by Crippen LogP contribution is 1.69. The summed E-state index contributed by atoms with van der Waals surface area (Å²) < 4.78 is 2.03. The van der Waals surface area contributed by atoms with Gasteiger partial charge in [-0.25, -0.2) is 4.98 Å². The van der Waals surface area contributed by atoms with Crippen molar-refractivity contribution in [1.82, 2.24) is 9.55 Å². The maximum absolute atomic E-state index is 4.04. The summed E-state index contributed by atoms with van der Waals surface area (Å²) in [6, 6.07) is 0. The summed E-state index contributed by atoms with van der Waals surface area (Å²) in [5.41, 5.74) is 1.19. The van der Waals surface area contributed by atoms with Crippen molar-refractivity contribution in [3.63, 3.8) is 0 Å². The van der Waals surface area contributed by atoms with Crippen molar-refractivity contribution in [1.29, 1.82) is 0 Å². The molecule has 0 aliphatic rings. The molecule has 0 saturated carbocycles. The lowest BCUT2D eigenvalue weighted by Gasteiger charge is -1.87. The molecule has 0 saturated heterocycles. The number of nitrogens with zero attached hydrogens (tertiary/aromatic N) is 2. The molecule has 38 valence electrons. The average Bonchev–Trinajstić information content (AvgIpc) is 1.91. The maximum atomic E-state index is 4.04. The maximum Gasteiger partial charge on any atom is 0.0841 e. The zero-order chi connectivity index (χ0) is 5.28. The predicted molar refractivity (Wildman–Crippen MR) is 32.8 cm³/mol. The van der Waals surface area contributed by atoms with Gasteiger partial charge < -0.3 is 4.57 Å². The molecule has 0 amide bonds. The van der Waals surface area contributed by atoms with Crippen LogP contribution in [0.3, 0.4) is 0 Å². The van der Waals surface area contributed by atoms with Gasteiger partial charge in [-0.2, -0.15) is 0 Å². The van der Waals surface area contributed by atoms with Crippen LogP contribution in [0.5, 0.6) is 0 Å². The molecule has 0 atom stereocenters. The molecule has 3 heteroatoms. The van der Waals surface area contributed by atoms with Crippen molar-refractivity contribution in [2.45, 2.75) is 0 Å². The Morgan fingerprint density at radius 3 is 2.71 bits per heavy atom. The molecule has 7 heavy (non-hydrogen) atoms. The van der Waals surface area contributed by atoms with E-state index in [4.69, 9.17) is 0 Å². The van der Waals surface area contributed by atoms with Gasteiger partial charge in [0.2, 0.25) is 0 Å². The van der Waals surface area contributed by atoms with Gasteiger partial charge in [-0.05, 0) is 0 Å². The molecule has 1 rings (SSSR count). The summed E-state index contributed by atoms with van der Waals surface area (Å²) in [5, 5.41) is 0. The number of hydrogen-bond donors (Lipinski definition) is 0. The average molecular weight is 112 g/mol. The monoisotopic (exact) mass is 112 g/mol. The van der Waals surface area contributed by atoms with E-state index in [0.29, 0.717) is 0 Å². The number of aromatic nitrogens is 2. The molecule has 0 spiro atoms. The van der Waals surface area contributed by atoms with E-state index in [9.17, 15) is 0 Å². The molecular formula is C4H8N2Si. The van der Waals surface area contributed by atoms with Crippen molar-refractivity contribution in [2.24, 2.45) is 7.05 Å². The van der Waals surface area contributed by atoms with Crippen molar-refractivity contribution in [2.75, 3.05) is 0 Å². The minimum Gasteiger partial charge on any atom is -0.343 e. The van der Waals surface area contributed by atoms with Gasteiger partial charge in [-0.1, -0.05) is 0 Å². The second-order valence-corrected chi connectivity index (χ2v) is 2.48. The number of aryl methyl sites for hydroxylation is 1. The lowest BCUT2D eigenvalue weighted by Crippen LogP contribution is -2.14. The minimum absolute atomic E-state index is 1.05. The van der Waals surface area contributed by atoms with E-state index < -0.39 is 0 Å². The first kappa shape index (κ1) is 4.58. The summed E-state index contributed by atoms with van der Waals surface area (Å²) in [7, 11) is 3.06. The molecule has 0 aliphatic carbocycles. The fourth-order valence-electron chi connectivity index (χ4n) is 0.440. The van der Waals surface area contributed by atoms with Gasteiger partial charge in [-0.15, -0.1) is 0 Å². The van der Waals surface area contributed by atoms with Gasteiger partial charge in [0.05, 0.1) is 15.7 Å². The number of hydrogen-bond acceptors (Lipinski definition) is 1. The van der Waals surface area contributed by atoms with Crippen LogP contribution in [0.25, 0.3) is 0 Å². The van der Waals surface area contributed by atoms with E-state index >= 15 is 0 Å². The van der Waals surface area contributed by atoms with Crippen molar-refractivity contribution in [3.05, 3.63) is 12.4 Å². The van der Waals surface area contributed by atoms with Crippen LogP contribution >= 0.6 is 0 Å². The fourth-order valence-corrected chi connectivity index (χ4v) is 0.738. The Morgan fingerprint density at radius 1 is 1.86 bits per heavy atom. The Labute approximate surface area is 45.6 Å². The van der Waals surface area contributed by atoms with Gasteiger partial charge >= 0.3 is 0 Å². The zero-order valence-electron chi connectivity index (χ0n) is 4.55. The summed E-state index contributed by atoms with van der Waals surface area (Å²) >= 11 is 0. The van der Waals surface area contributed by atoms with Gasteiger partial charge in [0.15, 0.2) is 0 Å². The summed E-state index contributed by atoms with van der Waals surface area (Å²) in [5.74, 6) is 0. The Hall–Kier alpha value is -0.573. The normalized spacial score (nSPS) is 9.86. The summed E-state index contributed by atoms with van der Waals surface area (Å²) in [6.45, 7) is 0. The lowest BCUT2D eigenvalue weighted by atomic mass is 10.9. The SMILES string of the molecule is Cn1ccnc1[SiH3]. The largest absolute Gasteiger partial charge is 0.343 e. The van der Waals surface area contributed by atoms with Crippen LogP contribution < -0.4 is 5.45 Å². The van der Waals surface area contributed by atoms with Crippen LogP contribution in [0.15, 0.2) is 12.4 Å². The third-order valence-electron chi connectivity index (χ3n) is 1.06. The minimum atomic E-state index is 1.05. The van der Waals surface area contributed by atoms with E-state index in [2.05, 4.69) is 4.98 Å². The highest BCUT2D eigenvalue weighted by molar-refractivity contribution is 6.29. The molecule has 0 aliphatic heterocycles. The van der Waals surface area contributed by atoms with Crippen LogP contribution in [0, 0.1) is 0 Å². The Bertz CT molecular complexity index is 142. The molecule has 1 aromatic heterocycles. The second kappa shape index (κ2) is 1.50. The van der Waals surface area contributed by atoms with E-state index in [-0.39, 0.29) is 0 Å². The molecule has 1 heterocycles. The van der Waals surface area contributed by atoms with Crippen LogP contribution in [0.2, 0.25) is 0 Å². The summed E-state index contributed by atoms with van der Waals surface area (Å²) in [4.78, 5) is 4.04. The molecule has 0 radical (unpaired) electrons. The second-order valence-electron chi connectivity index (χ2n) is 1.59. The topological polar surface area (TPSA) is 17.8 Å². The van der Waals surface area contributed by atoms with Crippen molar-refractivity contribution >= 4 is 15.7 Å². The van der Waals surface area contributed by atoms with Crippen LogP contribution in [0.4, 0.5) is 0 Å². The number of rotatable bonds is 0. The van der Waals surface area contributed by atoms with E-state index in [0.717, 1.165) is 10.2 Å². The van der Waals surface area contributed by atoms with Crippen molar-refractivity contribution < 1.29 is 0 Å². The Morgan fingerprint density at radius 2 is 2.57 bits per heavy atom. The zero-order valence-corrected chi connectivity index (χ0v) is 6.55. The molecule has 0 bridgehead atoms. The summed E-state index contributed by atoms with van der Waals surface area (Å²) in [6.07, 6.45) is 3.78. The molecule has 1 aromatic rings. The first-order chi connectivity index (χ1) is 3.30.